The molecule has 2 N–H and O–H groups in total. The van der Waals surface area contributed by atoms with Crippen molar-refractivity contribution in [3.8, 4) is 5.88 Å². The summed E-state index contributed by atoms with van der Waals surface area (Å²) < 4.78 is 11.7. The average Bonchev–Trinajstić information content (AvgIpc) is 3.07. The Bertz CT molecular complexity index is 1040. The summed E-state index contributed by atoms with van der Waals surface area (Å²) in [5.41, 5.74) is 1.32. The van der Waals surface area contributed by atoms with E-state index in [0.29, 0.717) is 33.2 Å². The van der Waals surface area contributed by atoms with E-state index in [4.69, 9.17) is 9.47 Å². The highest BCUT2D eigenvalue weighted by molar-refractivity contribution is 7.20. The molecule has 152 valence electrons. The zero-order valence-electron chi connectivity index (χ0n) is 16.2. The highest BCUT2D eigenvalue weighted by atomic mass is 32.1. The number of ether oxygens (including phenoxy) is 2. The summed E-state index contributed by atoms with van der Waals surface area (Å²) in [6, 6.07) is 3.68. The van der Waals surface area contributed by atoms with Crippen molar-refractivity contribution < 1.29 is 19.4 Å². The molecular weight excluding hydrogens is 392 g/mol. The standard InChI is InChI=1S/C20H22N4O4S/c1-11-15-17(22-10-23-19(15)29-16(11)20(25)26)24-14-7-4-8-21-18(14)28-13-6-3-5-12(9-13)27-2/h4,7-8,10,12-13H,3,5-6,9H2,1-2H3,(H,25,26)(H,22,23,24)/t12-,13-/m1/s1. The van der Waals surface area contributed by atoms with Crippen molar-refractivity contribution in [3.05, 3.63) is 35.1 Å². The number of anilines is 2. The van der Waals surface area contributed by atoms with Gasteiger partial charge in [-0.3, -0.25) is 0 Å². The van der Waals surface area contributed by atoms with Crippen LogP contribution in [0.3, 0.4) is 0 Å². The number of carboxylic acids is 1. The average molecular weight is 414 g/mol. The largest absolute Gasteiger partial charge is 0.477 e. The van der Waals surface area contributed by atoms with Gasteiger partial charge in [-0.25, -0.2) is 19.7 Å². The second-order valence-electron chi connectivity index (χ2n) is 7.01. The van der Waals surface area contributed by atoms with Crippen LogP contribution >= 0.6 is 11.3 Å². The lowest BCUT2D eigenvalue weighted by Crippen LogP contribution is -2.29. The maximum atomic E-state index is 11.5. The Labute approximate surface area is 171 Å². The Morgan fingerprint density at radius 2 is 2.10 bits per heavy atom. The monoisotopic (exact) mass is 414 g/mol. The Hall–Kier alpha value is -2.78. The van der Waals surface area contributed by atoms with Crippen molar-refractivity contribution in [2.75, 3.05) is 12.4 Å². The molecule has 3 aromatic heterocycles. The van der Waals surface area contributed by atoms with Crippen LogP contribution in [0.1, 0.15) is 40.9 Å². The molecule has 3 aromatic rings. The molecule has 0 bridgehead atoms. The number of hydrogen-bond donors (Lipinski definition) is 2. The lowest BCUT2D eigenvalue weighted by molar-refractivity contribution is 0.0197. The van der Waals surface area contributed by atoms with E-state index in [9.17, 15) is 9.90 Å². The smallest absolute Gasteiger partial charge is 0.346 e. The highest BCUT2D eigenvalue weighted by Crippen LogP contribution is 2.36. The summed E-state index contributed by atoms with van der Waals surface area (Å²) in [4.78, 5) is 25.3. The normalized spacial score (nSPS) is 19.2. The maximum Gasteiger partial charge on any atom is 0.346 e. The molecule has 0 spiro atoms. The number of aromatic carboxylic acids is 1. The van der Waals surface area contributed by atoms with Crippen LogP contribution in [-0.2, 0) is 4.74 Å². The molecular formula is C20H22N4O4S. The molecule has 3 heterocycles. The van der Waals surface area contributed by atoms with Gasteiger partial charge in [0.2, 0.25) is 5.88 Å². The van der Waals surface area contributed by atoms with Crippen molar-refractivity contribution in [3.63, 3.8) is 0 Å². The van der Waals surface area contributed by atoms with E-state index in [1.165, 1.54) is 6.33 Å². The zero-order chi connectivity index (χ0) is 20.4. The van der Waals surface area contributed by atoms with Gasteiger partial charge >= 0.3 is 5.97 Å². The first kappa shape index (κ1) is 19.5. The van der Waals surface area contributed by atoms with Crippen LogP contribution < -0.4 is 10.1 Å². The number of pyridine rings is 1. The Morgan fingerprint density at radius 3 is 2.90 bits per heavy atom. The fraction of sp³-hybridized carbons (Fsp3) is 0.400. The zero-order valence-corrected chi connectivity index (χ0v) is 17.0. The van der Waals surface area contributed by atoms with E-state index in [2.05, 4.69) is 20.3 Å². The van der Waals surface area contributed by atoms with E-state index in [1.54, 1.807) is 20.2 Å². The van der Waals surface area contributed by atoms with Gasteiger partial charge in [-0.1, -0.05) is 0 Å². The highest BCUT2D eigenvalue weighted by Gasteiger charge is 2.25. The summed E-state index contributed by atoms with van der Waals surface area (Å²) in [6.45, 7) is 1.77. The molecule has 4 rings (SSSR count). The van der Waals surface area contributed by atoms with Crippen molar-refractivity contribution in [1.29, 1.82) is 0 Å². The van der Waals surface area contributed by atoms with Gasteiger partial charge in [0.25, 0.3) is 0 Å². The van der Waals surface area contributed by atoms with Crippen LogP contribution in [0.5, 0.6) is 5.88 Å². The SMILES string of the molecule is CO[C@@H]1CCC[C@@H](Oc2ncccc2Nc2ncnc3sc(C(=O)O)c(C)c23)C1. The number of methoxy groups -OCH3 is 1. The third-order valence-corrected chi connectivity index (χ3v) is 6.32. The van der Waals surface area contributed by atoms with Crippen LogP contribution in [0.15, 0.2) is 24.7 Å². The van der Waals surface area contributed by atoms with Crippen LogP contribution in [0, 0.1) is 6.92 Å². The topological polar surface area (TPSA) is 106 Å². The third-order valence-electron chi connectivity index (χ3n) is 5.13. The predicted octanol–water partition coefficient (Wildman–Crippen LogP) is 4.17. The molecule has 9 heteroatoms. The van der Waals surface area contributed by atoms with Gasteiger partial charge in [0, 0.05) is 19.7 Å². The predicted molar refractivity (Wildman–Crippen MR) is 110 cm³/mol. The van der Waals surface area contributed by atoms with Crippen molar-refractivity contribution in [1.82, 2.24) is 15.0 Å². The first-order chi connectivity index (χ1) is 14.1. The minimum atomic E-state index is -0.966. The molecule has 2 atom stereocenters. The fourth-order valence-corrected chi connectivity index (χ4v) is 4.65. The van der Waals surface area contributed by atoms with Crippen molar-refractivity contribution >= 4 is 39.0 Å². The first-order valence-electron chi connectivity index (χ1n) is 9.45. The molecule has 1 saturated carbocycles. The van der Waals surface area contributed by atoms with Gasteiger partial charge in [0.05, 0.1) is 11.5 Å². The van der Waals surface area contributed by atoms with E-state index in [0.717, 1.165) is 37.0 Å². The number of nitrogens with one attached hydrogen (secondary N) is 1. The summed E-state index contributed by atoms with van der Waals surface area (Å²) >= 11 is 1.14. The van der Waals surface area contributed by atoms with E-state index in [1.807, 2.05) is 12.1 Å². The Balaban J connectivity index is 1.63. The molecule has 0 saturated heterocycles. The molecule has 0 aliphatic heterocycles. The van der Waals surface area contributed by atoms with Crippen molar-refractivity contribution in [2.24, 2.45) is 0 Å². The van der Waals surface area contributed by atoms with Crippen molar-refractivity contribution in [2.45, 2.75) is 44.8 Å². The van der Waals surface area contributed by atoms with Gasteiger partial charge in [0.1, 0.15) is 33.6 Å². The first-order valence-corrected chi connectivity index (χ1v) is 10.3. The van der Waals surface area contributed by atoms with Gasteiger partial charge in [0.15, 0.2) is 0 Å². The van der Waals surface area contributed by atoms with Gasteiger partial charge < -0.3 is 19.9 Å². The minimum absolute atomic E-state index is 0.0380. The fourth-order valence-electron chi connectivity index (χ4n) is 3.66. The quantitative estimate of drug-likeness (QED) is 0.619. The number of thiophene rings is 1. The van der Waals surface area contributed by atoms with Crippen LogP contribution in [0.25, 0.3) is 10.2 Å². The van der Waals surface area contributed by atoms with Crippen LogP contribution in [-0.4, -0.2) is 45.3 Å². The summed E-state index contributed by atoms with van der Waals surface area (Å²) in [7, 11) is 1.73. The molecule has 1 fully saturated rings. The number of aromatic nitrogens is 3. The molecule has 0 unspecified atom stereocenters. The van der Waals surface area contributed by atoms with E-state index >= 15 is 0 Å². The number of carbonyl (C=O) groups is 1. The van der Waals surface area contributed by atoms with Crippen LogP contribution in [0.2, 0.25) is 0 Å². The third kappa shape index (κ3) is 4.01. The Morgan fingerprint density at radius 1 is 1.28 bits per heavy atom. The molecule has 0 radical (unpaired) electrons. The second kappa shape index (κ2) is 8.30. The maximum absolute atomic E-state index is 11.5. The number of nitrogens with zero attached hydrogens (tertiary/aromatic N) is 3. The van der Waals surface area contributed by atoms with Crippen LogP contribution in [0.4, 0.5) is 11.5 Å². The number of fused-ring (bicyclic) bond motifs is 1. The number of carboxylic acid groups (broad SMARTS) is 1. The second-order valence-corrected chi connectivity index (χ2v) is 8.01. The Kier molecular flexibility index (Phi) is 5.59. The molecule has 29 heavy (non-hydrogen) atoms. The molecule has 8 nitrogen and oxygen atoms in total. The molecule has 0 aromatic carbocycles. The molecule has 1 aliphatic carbocycles. The number of rotatable bonds is 6. The summed E-state index contributed by atoms with van der Waals surface area (Å²) in [6.07, 6.45) is 7.24. The van der Waals surface area contributed by atoms with Gasteiger partial charge in [-0.05, 0) is 43.9 Å². The number of aryl methyl sites for hydroxylation is 1. The summed E-state index contributed by atoms with van der Waals surface area (Å²) in [5, 5.41) is 13.4. The van der Waals surface area contributed by atoms with Gasteiger partial charge in [-0.2, -0.15) is 0 Å². The lowest BCUT2D eigenvalue weighted by atomic mass is 9.95. The molecule has 1 aliphatic rings. The van der Waals surface area contributed by atoms with Gasteiger partial charge in [-0.15, -0.1) is 11.3 Å². The minimum Gasteiger partial charge on any atom is -0.477 e. The van der Waals surface area contributed by atoms with E-state index < -0.39 is 5.97 Å². The lowest BCUT2D eigenvalue weighted by Gasteiger charge is -2.28. The number of hydrogen-bond acceptors (Lipinski definition) is 8. The molecule has 0 amide bonds. The summed E-state index contributed by atoms with van der Waals surface area (Å²) in [5.74, 6) is 0.0618. The van der Waals surface area contributed by atoms with E-state index in [-0.39, 0.29) is 17.1 Å².